The molecule has 13 atom stereocenters. The lowest BCUT2D eigenvalue weighted by Gasteiger charge is -2.42. The van der Waals surface area contributed by atoms with E-state index in [9.17, 15) is 34.8 Å². The second-order valence-corrected chi connectivity index (χ2v) is 18.2. The van der Waals surface area contributed by atoms with Crippen molar-refractivity contribution < 1.29 is 53.8 Å². The van der Waals surface area contributed by atoms with Gasteiger partial charge in [-0.15, -0.1) is 0 Å². The maximum absolute atomic E-state index is 14.8. The van der Waals surface area contributed by atoms with E-state index in [2.05, 4.69) is 27.5 Å². The number of aromatic hydroxyl groups is 1. The Morgan fingerprint density at radius 3 is 2.33 bits per heavy atom. The highest BCUT2D eigenvalue weighted by atomic mass is 16.7. The number of aliphatic hydroxyl groups is 3. The van der Waals surface area contributed by atoms with Crippen molar-refractivity contribution in [3.05, 3.63) is 69.8 Å². The molecule has 1 aliphatic carbocycles. The molecule has 2 saturated heterocycles. The highest BCUT2D eigenvalue weighted by molar-refractivity contribution is 6.31. The Morgan fingerprint density at radius 1 is 0.967 bits per heavy atom. The monoisotopic (exact) mass is 847 g/mol. The molecule has 6 aliphatic rings. The third-order valence-electron chi connectivity index (χ3n) is 14.0. The molecular weight excluding hydrogens is 787 g/mol. The molecule has 0 radical (unpaired) electrons. The fourth-order valence-corrected chi connectivity index (χ4v) is 10.3. The van der Waals surface area contributed by atoms with Crippen LogP contribution < -0.4 is 15.4 Å². The number of benzene rings is 1. The number of esters is 1. The first kappa shape index (κ1) is 44.5. The van der Waals surface area contributed by atoms with Crippen LogP contribution in [0.4, 0.5) is 0 Å². The van der Waals surface area contributed by atoms with Gasteiger partial charge in [0.1, 0.15) is 23.3 Å². The molecule has 2 fully saturated rings. The molecular formula is C45H61N5O11. The SMILES string of the molecule is CO[C@H]1/C=C/O[C@@]2(C)Oc3c(C)c(O)c4c(c3C2O)C2=N[C@@]3(NC2=C(NC(=O)/C(C)=C\C=C\[C@H](C)[C@H](O)[C@@H](C)[C@@H](O)[C@@H](C)[C@H](OC(C)=O)[C@@H]1C)C4=O)C1CN(C)CC3N(C)C1. The minimum atomic E-state index is -1.78. The number of hydrogen-bond donors (Lipinski definition) is 6. The van der Waals surface area contributed by atoms with Crippen molar-refractivity contribution >= 4 is 23.4 Å². The number of rotatable bonds is 2. The first-order chi connectivity index (χ1) is 28.7. The highest BCUT2D eigenvalue weighted by Gasteiger charge is 2.62. The van der Waals surface area contributed by atoms with Crippen LogP contribution in [0.1, 0.15) is 81.6 Å². The summed E-state index contributed by atoms with van der Waals surface area (Å²) in [6, 6.07) is -0.118. The van der Waals surface area contributed by atoms with E-state index in [4.69, 9.17) is 23.9 Å². The van der Waals surface area contributed by atoms with Crippen LogP contribution in [0.2, 0.25) is 0 Å². The van der Waals surface area contributed by atoms with Crippen molar-refractivity contribution in [1.29, 1.82) is 0 Å². The second-order valence-electron chi connectivity index (χ2n) is 18.2. The molecule has 1 spiro atoms. The van der Waals surface area contributed by atoms with E-state index in [1.165, 1.54) is 27.2 Å². The number of ether oxygens (including phenoxy) is 4. The van der Waals surface area contributed by atoms with E-state index < -0.39 is 83.3 Å². The molecule has 16 heteroatoms. The molecule has 1 amide bonds. The molecule has 5 aliphatic heterocycles. The Bertz CT molecular complexity index is 2150. The maximum Gasteiger partial charge on any atom is 0.302 e. The number of amides is 1. The summed E-state index contributed by atoms with van der Waals surface area (Å²) in [7, 11) is 5.57. The smallest absolute Gasteiger partial charge is 0.302 e. The quantitative estimate of drug-likeness (QED) is 0.237. The van der Waals surface area contributed by atoms with Gasteiger partial charge in [-0.1, -0.05) is 45.9 Å². The Hall–Kier alpha value is -4.58. The van der Waals surface area contributed by atoms with Gasteiger partial charge >= 0.3 is 5.97 Å². The average molecular weight is 848 g/mol. The number of aliphatic hydroxyl groups excluding tert-OH is 3. The number of piperidine rings is 1. The molecule has 16 nitrogen and oxygen atoms in total. The number of likely N-dealkylation sites (tertiary alicyclic amines) is 2. The number of aliphatic imine (C=N–C) groups is 1. The van der Waals surface area contributed by atoms with E-state index in [0.717, 1.165) is 6.54 Å². The fourth-order valence-electron chi connectivity index (χ4n) is 10.3. The normalized spacial score (nSPS) is 40.0. The van der Waals surface area contributed by atoms with Crippen molar-refractivity contribution in [2.24, 2.45) is 34.6 Å². The van der Waals surface area contributed by atoms with E-state index >= 15 is 0 Å². The predicted octanol–water partition coefficient (Wildman–Crippen LogP) is 2.59. The number of nitrogens with one attached hydrogen (secondary N) is 2. The molecule has 7 rings (SSSR count). The number of carbonyl (C=O) groups is 3. The lowest BCUT2D eigenvalue weighted by atomic mass is 9.78. The standard InChI is InChI=1S/C45H61N5O11/c1-20-13-12-14-21(2)43(57)46-35-34-33(47-45(48-34)27-17-49(9)19-29(45)50(10)18-27)30-31(39(35)55)38(54)25(6)41-32(30)42(56)44(8,61-41)59-16-15-28(58-11)22(3)40(60-26(7)51)24(5)37(53)23(4)36(20)52/h12-16,20,22-24,27-29,36-37,40,42,48,52-54,56H,17-19H2,1-11H3,(H,46,57)/b13-12+,16-15+,21-14-/t20-,22+,23+,24+,27?,28-,29?,36-,37+,40+,42?,44-,45+/m0/s1. The van der Waals surface area contributed by atoms with Crippen molar-refractivity contribution in [2.45, 2.75) is 103 Å². The maximum atomic E-state index is 14.8. The molecule has 7 bridgehead atoms. The summed E-state index contributed by atoms with van der Waals surface area (Å²) in [4.78, 5) is 51.1. The Morgan fingerprint density at radius 2 is 1.67 bits per heavy atom. The van der Waals surface area contributed by atoms with Gasteiger partial charge in [-0.05, 0) is 34.0 Å². The van der Waals surface area contributed by atoms with Gasteiger partial charge in [0.2, 0.25) is 5.78 Å². The van der Waals surface area contributed by atoms with Crippen LogP contribution in [0.15, 0.2) is 52.5 Å². The average Bonchev–Trinajstić information content (AvgIpc) is 3.76. The first-order valence-electron chi connectivity index (χ1n) is 21.1. The van der Waals surface area contributed by atoms with E-state index in [0.29, 0.717) is 18.8 Å². The van der Waals surface area contributed by atoms with Crippen LogP contribution in [0, 0.1) is 36.5 Å². The number of fused-ring (bicyclic) bond motifs is 3. The van der Waals surface area contributed by atoms with E-state index in [1.807, 2.05) is 7.05 Å². The number of allylic oxidation sites excluding steroid dienone is 4. The first-order valence-corrected chi connectivity index (χ1v) is 21.1. The fraction of sp³-hybridized carbons (Fsp3) is 0.600. The van der Waals surface area contributed by atoms with Gasteiger partial charge in [-0.25, -0.2) is 0 Å². The third kappa shape index (κ3) is 7.28. The van der Waals surface area contributed by atoms with Crippen molar-refractivity contribution in [1.82, 2.24) is 20.4 Å². The molecule has 0 saturated carbocycles. The van der Waals surface area contributed by atoms with Crippen LogP contribution in [-0.2, 0) is 23.8 Å². The zero-order valence-corrected chi connectivity index (χ0v) is 36.8. The number of phenols is 1. The summed E-state index contributed by atoms with van der Waals surface area (Å²) >= 11 is 0. The summed E-state index contributed by atoms with van der Waals surface area (Å²) in [5.41, 5.74) is 0.314. The molecule has 5 heterocycles. The summed E-state index contributed by atoms with van der Waals surface area (Å²) in [5.74, 6) is -6.21. The van der Waals surface area contributed by atoms with Crippen LogP contribution >= 0.6 is 0 Å². The zero-order valence-electron chi connectivity index (χ0n) is 36.8. The lowest BCUT2D eigenvalue weighted by molar-refractivity contribution is -0.181. The van der Waals surface area contributed by atoms with Gasteiger partial charge in [-0.2, -0.15) is 0 Å². The molecule has 1 aromatic carbocycles. The van der Waals surface area contributed by atoms with Gasteiger partial charge < -0.3 is 54.9 Å². The Kier molecular flexibility index (Phi) is 11.9. The van der Waals surface area contributed by atoms with Crippen molar-refractivity contribution in [3.63, 3.8) is 0 Å². The summed E-state index contributed by atoms with van der Waals surface area (Å²) < 4.78 is 24.3. The van der Waals surface area contributed by atoms with E-state index in [-0.39, 0.29) is 62.7 Å². The molecule has 6 N–H and O–H groups in total. The van der Waals surface area contributed by atoms with Gasteiger partial charge in [0.05, 0.1) is 47.6 Å². The number of methoxy groups -OCH3 is 1. The Labute approximate surface area is 357 Å². The summed E-state index contributed by atoms with van der Waals surface area (Å²) in [6.07, 6.45) is 2.58. The largest absolute Gasteiger partial charge is 0.507 e. The number of phenolic OH excluding ortho intramolecular Hbond substituents is 1. The molecule has 0 aromatic heterocycles. The van der Waals surface area contributed by atoms with Crippen LogP contribution in [0.3, 0.4) is 0 Å². The van der Waals surface area contributed by atoms with Gasteiger partial charge in [0.15, 0.2) is 11.8 Å². The second kappa shape index (κ2) is 16.3. The number of carbonyl (C=O) groups excluding carboxylic acids is 3. The molecule has 61 heavy (non-hydrogen) atoms. The van der Waals surface area contributed by atoms with Gasteiger partial charge in [0.25, 0.3) is 11.7 Å². The topological polar surface area (TPSA) is 212 Å². The lowest BCUT2D eigenvalue weighted by Crippen LogP contribution is -2.62. The minimum absolute atomic E-state index is 0.0158. The highest BCUT2D eigenvalue weighted by Crippen LogP contribution is 2.55. The third-order valence-corrected chi connectivity index (χ3v) is 14.0. The summed E-state index contributed by atoms with van der Waals surface area (Å²) in [5, 5.41) is 53.6. The molecule has 332 valence electrons. The number of Topliss-reactive ketones (excluding diaryl/α,β-unsaturated/α-hetero) is 1. The predicted molar refractivity (Wildman–Crippen MR) is 224 cm³/mol. The Balaban J connectivity index is 1.38. The zero-order chi connectivity index (χ0) is 44.6. The van der Waals surface area contributed by atoms with Gasteiger partial charge in [0, 0.05) is 92.4 Å². The van der Waals surface area contributed by atoms with Crippen molar-refractivity contribution in [3.8, 4) is 11.5 Å². The number of nitrogens with zero attached hydrogens (tertiary/aromatic N) is 3. The van der Waals surface area contributed by atoms with E-state index in [1.54, 1.807) is 65.8 Å². The van der Waals surface area contributed by atoms with Crippen LogP contribution in [-0.4, -0.2) is 136 Å². The number of likely N-dealkylation sites (N-methyl/N-ethyl adjacent to an activating group) is 2. The van der Waals surface area contributed by atoms with Crippen LogP contribution in [0.5, 0.6) is 11.5 Å². The van der Waals surface area contributed by atoms with Crippen LogP contribution in [0.25, 0.3) is 0 Å². The number of hydrogen-bond acceptors (Lipinski definition) is 15. The minimum Gasteiger partial charge on any atom is -0.507 e. The molecule has 1 aromatic rings. The number of ketones is 1. The molecule has 3 unspecified atom stereocenters. The van der Waals surface area contributed by atoms with Gasteiger partial charge in [-0.3, -0.25) is 24.3 Å². The van der Waals surface area contributed by atoms with Crippen molar-refractivity contribution in [2.75, 3.05) is 40.8 Å². The summed E-state index contributed by atoms with van der Waals surface area (Å²) in [6.45, 7) is 15.2.